The lowest BCUT2D eigenvalue weighted by Gasteiger charge is -2.36. The number of nitrogens with zero attached hydrogens (tertiary/aromatic N) is 1. The smallest absolute Gasteiger partial charge is 0.315 e. The van der Waals surface area contributed by atoms with Gasteiger partial charge in [-0.15, -0.1) is 0 Å². The minimum atomic E-state index is -0.580. The number of pyridine rings is 1. The Labute approximate surface area is 250 Å². The Hall–Kier alpha value is -3.89. The van der Waals surface area contributed by atoms with Gasteiger partial charge in [-0.3, -0.25) is 0 Å². The number of aliphatic hydroxyl groups excluding tert-OH is 1. The minimum absolute atomic E-state index is 0.0109. The van der Waals surface area contributed by atoms with Crippen molar-refractivity contribution >= 4 is 17.8 Å². The van der Waals surface area contributed by atoms with Gasteiger partial charge in [0, 0.05) is 43.0 Å². The lowest BCUT2D eigenvalue weighted by molar-refractivity contribution is -0.645. The highest BCUT2D eigenvalue weighted by molar-refractivity contribution is 7.99. The van der Waals surface area contributed by atoms with Crippen LogP contribution >= 0.6 is 11.8 Å². The van der Waals surface area contributed by atoms with Gasteiger partial charge in [-0.1, -0.05) is 78.5 Å². The van der Waals surface area contributed by atoms with Crippen LogP contribution in [-0.4, -0.2) is 29.5 Å². The van der Waals surface area contributed by atoms with Crippen molar-refractivity contribution in [1.82, 2.24) is 10.6 Å². The molecule has 2 amide bonds. The SMILES string of the molecule is CCNC(=O)NCc1cccc(-c2ccc(C3OC(CSc4cccc[n+]4[O-])CC(c4ccc(CO)cc4)O3)cc2)c1. The summed E-state index contributed by atoms with van der Waals surface area (Å²) < 4.78 is 13.8. The van der Waals surface area contributed by atoms with E-state index in [1.165, 1.54) is 18.0 Å². The summed E-state index contributed by atoms with van der Waals surface area (Å²) in [7, 11) is 0. The van der Waals surface area contributed by atoms with Crippen molar-refractivity contribution in [2.24, 2.45) is 0 Å². The van der Waals surface area contributed by atoms with Crippen LogP contribution in [0.2, 0.25) is 0 Å². The molecule has 1 aliphatic heterocycles. The molecule has 2 heterocycles. The van der Waals surface area contributed by atoms with Crippen molar-refractivity contribution in [2.45, 2.75) is 50.0 Å². The van der Waals surface area contributed by atoms with Crippen LogP contribution in [0.4, 0.5) is 4.79 Å². The quantitative estimate of drug-likeness (QED) is 0.126. The Morgan fingerprint density at radius 3 is 2.45 bits per heavy atom. The molecule has 1 aliphatic rings. The van der Waals surface area contributed by atoms with Gasteiger partial charge in [0.15, 0.2) is 12.5 Å². The van der Waals surface area contributed by atoms with Gasteiger partial charge in [-0.2, -0.15) is 4.73 Å². The molecular formula is C33H35N3O5S. The molecule has 8 nitrogen and oxygen atoms in total. The molecule has 1 fully saturated rings. The molecule has 1 saturated heterocycles. The summed E-state index contributed by atoms with van der Waals surface area (Å²) in [5.74, 6) is 0.604. The molecule has 3 unspecified atom stereocenters. The van der Waals surface area contributed by atoms with Crippen LogP contribution in [0.1, 0.15) is 48.0 Å². The Morgan fingerprint density at radius 2 is 1.71 bits per heavy atom. The summed E-state index contributed by atoms with van der Waals surface area (Å²) in [6.45, 7) is 2.89. The number of benzene rings is 3. The number of amides is 2. The molecule has 0 aliphatic carbocycles. The number of nitrogens with one attached hydrogen (secondary N) is 2. The highest BCUT2D eigenvalue weighted by Crippen LogP contribution is 2.39. The Balaban J connectivity index is 1.31. The number of thioether (sulfide) groups is 1. The summed E-state index contributed by atoms with van der Waals surface area (Å²) in [5, 5.41) is 27.9. The first-order valence-electron chi connectivity index (χ1n) is 14.0. The number of aliphatic hydroxyl groups is 1. The van der Waals surface area contributed by atoms with Crippen molar-refractivity contribution < 1.29 is 24.1 Å². The third-order valence-corrected chi connectivity index (χ3v) is 8.20. The van der Waals surface area contributed by atoms with Crippen molar-refractivity contribution in [1.29, 1.82) is 0 Å². The number of hydrogen-bond donors (Lipinski definition) is 3. The predicted octanol–water partition coefficient (Wildman–Crippen LogP) is 5.64. The van der Waals surface area contributed by atoms with Crippen molar-refractivity contribution in [2.75, 3.05) is 12.3 Å². The van der Waals surface area contributed by atoms with Crippen molar-refractivity contribution in [3.05, 3.63) is 125 Å². The maximum atomic E-state index is 12.2. The van der Waals surface area contributed by atoms with Crippen LogP contribution in [-0.2, 0) is 22.6 Å². The topological polar surface area (TPSA) is 107 Å². The second-order valence-electron chi connectivity index (χ2n) is 10.1. The fourth-order valence-corrected chi connectivity index (χ4v) is 5.76. The van der Waals surface area contributed by atoms with E-state index in [-0.39, 0.29) is 24.8 Å². The van der Waals surface area contributed by atoms with Crippen LogP contribution in [0.15, 0.2) is 102 Å². The Kier molecular flexibility index (Phi) is 10.1. The largest absolute Gasteiger partial charge is 0.618 e. The summed E-state index contributed by atoms with van der Waals surface area (Å²) in [6, 6.07) is 29.2. The van der Waals surface area contributed by atoms with Gasteiger partial charge in [0.2, 0.25) is 0 Å². The van der Waals surface area contributed by atoms with Crippen LogP contribution in [0, 0.1) is 5.21 Å². The zero-order valence-electron chi connectivity index (χ0n) is 23.4. The molecule has 0 bridgehead atoms. The molecule has 0 radical (unpaired) electrons. The van der Waals surface area contributed by atoms with Gasteiger partial charge in [-0.25, -0.2) is 4.79 Å². The summed E-state index contributed by atoms with van der Waals surface area (Å²) in [4.78, 5) is 11.8. The van der Waals surface area contributed by atoms with Gasteiger partial charge in [0.05, 0.1) is 18.8 Å². The number of hydrogen-bond acceptors (Lipinski definition) is 6. The molecule has 4 aromatic rings. The normalized spacial score (nSPS) is 18.4. The number of urea groups is 1. The summed E-state index contributed by atoms with van der Waals surface area (Å²) in [6.07, 6.45) is 1.21. The highest BCUT2D eigenvalue weighted by atomic mass is 32.2. The third-order valence-electron chi connectivity index (χ3n) is 7.05. The summed E-state index contributed by atoms with van der Waals surface area (Å²) >= 11 is 1.47. The average molecular weight is 586 g/mol. The molecule has 1 aromatic heterocycles. The minimum Gasteiger partial charge on any atom is -0.618 e. The molecular weight excluding hydrogens is 550 g/mol. The van der Waals surface area contributed by atoms with Crippen LogP contribution in [0.5, 0.6) is 0 Å². The molecule has 3 atom stereocenters. The first-order valence-corrected chi connectivity index (χ1v) is 15.0. The first-order chi connectivity index (χ1) is 20.5. The molecule has 0 spiro atoms. The molecule has 5 rings (SSSR count). The number of aromatic nitrogens is 1. The monoisotopic (exact) mass is 585 g/mol. The van der Waals surface area contributed by atoms with E-state index in [2.05, 4.69) is 16.7 Å². The number of ether oxygens (including phenoxy) is 2. The molecule has 3 N–H and O–H groups in total. The van der Waals surface area contributed by atoms with E-state index in [1.807, 2.05) is 85.8 Å². The van der Waals surface area contributed by atoms with E-state index in [0.29, 0.717) is 30.3 Å². The summed E-state index contributed by atoms with van der Waals surface area (Å²) in [5.41, 5.74) is 5.86. The van der Waals surface area contributed by atoms with Gasteiger partial charge in [0.1, 0.15) is 0 Å². The number of carbonyl (C=O) groups excluding carboxylic acids is 1. The molecule has 0 saturated carbocycles. The molecule has 42 heavy (non-hydrogen) atoms. The maximum absolute atomic E-state index is 12.2. The van der Waals surface area contributed by atoms with E-state index < -0.39 is 6.29 Å². The van der Waals surface area contributed by atoms with Gasteiger partial charge < -0.3 is 30.4 Å². The van der Waals surface area contributed by atoms with Crippen LogP contribution < -0.4 is 15.4 Å². The zero-order chi connectivity index (χ0) is 29.3. The second kappa shape index (κ2) is 14.3. The fraction of sp³-hybridized carbons (Fsp3) is 0.273. The lowest BCUT2D eigenvalue weighted by Crippen LogP contribution is -2.34. The van der Waals surface area contributed by atoms with E-state index in [1.54, 1.807) is 6.07 Å². The highest BCUT2D eigenvalue weighted by Gasteiger charge is 2.32. The fourth-order valence-electron chi connectivity index (χ4n) is 4.82. The Morgan fingerprint density at radius 1 is 0.929 bits per heavy atom. The van der Waals surface area contributed by atoms with E-state index in [4.69, 9.17) is 9.47 Å². The van der Waals surface area contributed by atoms with Crippen molar-refractivity contribution in [3.63, 3.8) is 0 Å². The standard InChI is InChI=1S/C33H35N3O5S/c1-2-34-33(38)35-20-24-6-5-7-28(18-24)25-13-15-27(16-14-25)32-40-29(22-42-31-8-3-4-17-36(31)39)19-30(41-32)26-11-9-23(21-37)10-12-26/h3-18,29-30,32,37H,2,19-22H2,1H3,(H2,34,35,38). The maximum Gasteiger partial charge on any atom is 0.315 e. The van der Waals surface area contributed by atoms with E-state index in [9.17, 15) is 15.1 Å². The molecule has 3 aromatic carbocycles. The van der Waals surface area contributed by atoms with Crippen molar-refractivity contribution in [3.8, 4) is 11.1 Å². The Bertz CT molecular complexity index is 1470. The first kappa shape index (κ1) is 29.6. The van der Waals surface area contributed by atoms with Crippen LogP contribution in [0.25, 0.3) is 11.1 Å². The van der Waals surface area contributed by atoms with Crippen LogP contribution in [0.3, 0.4) is 0 Å². The molecule has 9 heteroatoms. The van der Waals surface area contributed by atoms with Gasteiger partial charge in [-0.05, 0) is 46.9 Å². The van der Waals surface area contributed by atoms with E-state index >= 15 is 0 Å². The average Bonchev–Trinajstić information content (AvgIpc) is 3.04. The molecule has 218 valence electrons. The van der Waals surface area contributed by atoms with Gasteiger partial charge >= 0.3 is 6.03 Å². The lowest BCUT2D eigenvalue weighted by atomic mass is 9.99. The zero-order valence-corrected chi connectivity index (χ0v) is 24.3. The number of rotatable bonds is 10. The van der Waals surface area contributed by atoms with Gasteiger partial charge in [0.25, 0.3) is 5.03 Å². The second-order valence-corrected chi connectivity index (χ2v) is 11.1. The third kappa shape index (κ3) is 7.68. The van der Waals surface area contributed by atoms with E-state index in [0.717, 1.165) is 38.1 Å². The predicted molar refractivity (Wildman–Crippen MR) is 162 cm³/mol. The number of carbonyl (C=O) groups is 1.